The number of rotatable bonds is 3. The van der Waals surface area contributed by atoms with Crippen LogP contribution in [-0.4, -0.2) is 23.2 Å². The van der Waals surface area contributed by atoms with Crippen LogP contribution in [0.2, 0.25) is 0 Å². The van der Waals surface area contributed by atoms with Gasteiger partial charge in [0.2, 0.25) is 0 Å². The number of ether oxygens (including phenoxy) is 1. The molecule has 2 heterocycles. The second-order valence-electron chi connectivity index (χ2n) is 5.04. The van der Waals surface area contributed by atoms with Crippen LogP contribution < -0.4 is 5.32 Å². The van der Waals surface area contributed by atoms with E-state index >= 15 is 0 Å². The van der Waals surface area contributed by atoms with E-state index in [2.05, 4.69) is 30.2 Å². The number of hydrogen-bond donors (Lipinski definition) is 1. The highest BCUT2D eigenvalue weighted by Gasteiger charge is 2.28. The molecule has 1 aliphatic heterocycles. The Morgan fingerprint density at radius 2 is 2.44 bits per heavy atom. The summed E-state index contributed by atoms with van der Waals surface area (Å²) in [6.45, 7) is 6.07. The summed E-state index contributed by atoms with van der Waals surface area (Å²) in [5, 5.41) is 3.57. The molecule has 1 N–H and O–H groups in total. The minimum Gasteiger partial charge on any atom is -0.375 e. The topological polar surface area (TPSA) is 34.2 Å². The highest BCUT2D eigenvalue weighted by Crippen LogP contribution is 2.23. The van der Waals surface area contributed by atoms with E-state index in [9.17, 15) is 0 Å². The monoisotopic (exact) mass is 220 g/mol. The van der Waals surface area contributed by atoms with Crippen LogP contribution in [0.4, 0.5) is 0 Å². The molecule has 0 amide bonds. The second kappa shape index (κ2) is 4.93. The van der Waals surface area contributed by atoms with Crippen LogP contribution in [0.25, 0.3) is 0 Å². The molecule has 1 aliphatic rings. The standard InChI is InChI=1S/C13H20N2O/c1-13(2)8-12(5-7-16-13)15-10-11-4-3-6-14-9-11/h3-4,6,9,12,15H,5,7-8,10H2,1-2H3/t12-/m0/s1. The van der Waals surface area contributed by atoms with Crippen molar-refractivity contribution in [3.05, 3.63) is 30.1 Å². The molecule has 0 spiro atoms. The van der Waals surface area contributed by atoms with E-state index in [1.807, 2.05) is 12.3 Å². The quantitative estimate of drug-likeness (QED) is 0.847. The largest absolute Gasteiger partial charge is 0.375 e. The van der Waals surface area contributed by atoms with Crippen LogP contribution in [0, 0.1) is 0 Å². The maximum atomic E-state index is 5.70. The number of pyridine rings is 1. The fourth-order valence-electron chi connectivity index (χ4n) is 2.17. The Hall–Kier alpha value is -0.930. The Bertz CT molecular complexity index is 324. The summed E-state index contributed by atoms with van der Waals surface area (Å²) < 4.78 is 5.70. The first-order chi connectivity index (χ1) is 7.66. The van der Waals surface area contributed by atoms with Crippen LogP contribution in [0.1, 0.15) is 32.3 Å². The molecule has 1 fully saturated rings. The van der Waals surface area contributed by atoms with Gasteiger partial charge in [-0.25, -0.2) is 0 Å². The van der Waals surface area contributed by atoms with Crippen LogP contribution in [0.5, 0.6) is 0 Å². The summed E-state index contributed by atoms with van der Waals surface area (Å²) in [6.07, 6.45) is 5.90. The fraction of sp³-hybridized carbons (Fsp3) is 0.615. The van der Waals surface area contributed by atoms with Gasteiger partial charge in [-0.3, -0.25) is 4.98 Å². The predicted octanol–water partition coefficient (Wildman–Crippen LogP) is 2.13. The molecular formula is C13H20N2O. The molecular weight excluding hydrogens is 200 g/mol. The van der Waals surface area contributed by atoms with E-state index in [-0.39, 0.29) is 5.60 Å². The van der Waals surface area contributed by atoms with Gasteiger partial charge in [-0.1, -0.05) is 6.07 Å². The Morgan fingerprint density at radius 1 is 1.56 bits per heavy atom. The molecule has 0 bridgehead atoms. The maximum Gasteiger partial charge on any atom is 0.0641 e. The van der Waals surface area contributed by atoms with Gasteiger partial charge in [-0.05, 0) is 38.3 Å². The van der Waals surface area contributed by atoms with Gasteiger partial charge in [-0.2, -0.15) is 0 Å². The van der Waals surface area contributed by atoms with Crippen LogP contribution in [-0.2, 0) is 11.3 Å². The van der Waals surface area contributed by atoms with Crippen molar-refractivity contribution in [1.29, 1.82) is 0 Å². The first kappa shape index (κ1) is 11.6. The van der Waals surface area contributed by atoms with Crippen LogP contribution in [0.3, 0.4) is 0 Å². The van der Waals surface area contributed by atoms with Gasteiger partial charge in [0, 0.05) is 31.6 Å². The SMILES string of the molecule is CC1(C)C[C@@H](NCc2cccnc2)CCO1. The molecule has 0 unspecified atom stereocenters. The molecule has 0 aliphatic carbocycles. The number of nitrogens with one attached hydrogen (secondary N) is 1. The van der Waals surface area contributed by atoms with Gasteiger partial charge in [0.1, 0.15) is 0 Å². The lowest BCUT2D eigenvalue weighted by atomic mass is 9.94. The summed E-state index contributed by atoms with van der Waals surface area (Å²) in [4.78, 5) is 4.11. The van der Waals surface area contributed by atoms with Gasteiger partial charge >= 0.3 is 0 Å². The third-order valence-electron chi connectivity index (χ3n) is 3.01. The minimum absolute atomic E-state index is 0.0187. The van der Waals surface area contributed by atoms with E-state index in [4.69, 9.17) is 4.74 Å². The van der Waals surface area contributed by atoms with Gasteiger partial charge in [0.15, 0.2) is 0 Å². The lowest BCUT2D eigenvalue weighted by molar-refractivity contribution is -0.0630. The number of hydrogen-bond acceptors (Lipinski definition) is 3. The van der Waals surface area contributed by atoms with Gasteiger partial charge in [0.05, 0.1) is 5.60 Å². The Morgan fingerprint density at radius 3 is 3.12 bits per heavy atom. The smallest absolute Gasteiger partial charge is 0.0641 e. The first-order valence-corrected chi connectivity index (χ1v) is 5.92. The second-order valence-corrected chi connectivity index (χ2v) is 5.04. The zero-order valence-electron chi connectivity index (χ0n) is 10.1. The molecule has 0 saturated carbocycles. The van der Waals surface area contributed by atoms with E-state index in [0.29, 0.717) is 6.04 Å². The zero-order valence-corrected chi connectivity index (χ0v) is 10.1. The van der Waals surface area contributed by atoms with Crippen molar-refractivity contribution in [3.8, 4) is 0 Å². The molecule has 1 aromatic rings. The summed E-state index contributed by atoms with van der Waals surface area (Å²) in [7, 11) is 0. The van der Waals surface area contributed by atoms with Gasteiger partial charge in [0.25, 0.3) is 0 Å². The molecule has 1 atom stereocenters. The third-order valence-corrected chi connectivity index (χ3v) is 3.01. The van der Waals surface area contributed by atoms with E-state index in [1.54, 1.807) is 6.20 Å². The van der Waals surface area contributed by atoms with Crippen molar-refractivity contribution < 1.29 is 4.74 Å². The van der Waals surface area contributed by atoms with Gasteiger partial charge in [-0.15, -0.1) is 0 Å². The highest BCUT2D eigenvalue weighted by molar-refractivity contribution is 5.08. The molecule has 88 valence electrons. The van der Waals surface area contributed by atoms with Crippen molar-refractivity contribution in [1.82, 2.24) is 10.3 Å². The molecule has 3 heteroatoms. The Labute approximate surface area is 97.2 Å². The van der Waals surface area contributed by atoms with E-state index < -0.39 is 0 Å². The third kappa shape index (κ3) is 3.29. The van der Waals surface area contributed by atoms with Crippen molar-refractivity contribution >= 4 is 0 Å². The van der Waals surface area contributed by atoms with Crippen molar-refractivity contribution in [2.24, 2.45) is 0 Å². The van der Waals surface area contributed by atoms with Crippen molar-refractivity contribution in [3.63, 3.8) is 0 Å². The summed E-state index contributed by atoms with van der Waals surface area (Å²) in [5.74, 6) is 0. The normalized spacial score (nSPS) is 24.2. The molecule has 16 heavy (non-hydrogen) atoms. The Kier molecular flexibility index (Phi) is 3.56. The highest BCUT2D eigenvalue weighted by atomic mass is 16.5. The summed E-state index contributed by atoms with van der Waals surface area (Å²) in [6, 6.07) is 4.64. The Balaban J connectivity index is 1.82. The maximum absolute atomic E-state index is 5.70. The molecule has 2 rings (SSSR count). The molecule has 1 saturated heterocycles. The average Bonchev–Trinajstić information content (AvgIpc) is 2.27. The van der Waals surface area contributed by atoms with Gasteiger partial charge < -0.3 is 10.1 Å². The fourth-order valence-corrected chi connectivity index (χ4v) is 2.17. The lowest BCUT2D eigenvalue weighted by Gasteiger charge is -2.36. The average molecular weight is 220 g/mol. The first-order valence-electron chi connectivity index (χ1n) is 5.92. The van der Waals surface area contributed by atoms with Crippen molar-refractivity contribution in [2.75, 3.05) is 6.61 Å². The van der Waals surface area contributed by atoms with E-state index in [0.717, 1.165) is 26.0 Å². The van der Waals surface area contributed by atoms with Crippen molar-refractivity contribution in [2.45, 2.75) is 44.9 Å². The summed E-state index contributed by atoms with van der Waals surface area (Å²) >= 11 is 0. The van der Waals surface area contributed by atoms with E-state index in [1.165, 1.54) is 5.56 Å². The summed E-state index contributed by atoms with van der Waals surface area (Å²) in [5.41, 5.74) is 1.26. The molecule has 3 nitrogen and oxygen atoms in total. The number of nitrogens with zero attached hydrogens (tertiary/aromatic N) is 1. The van der Waals surface area contributed by atoms with Crippen LogP contribution >= 0.6 is 0 Å². The zero-order chi connectivity index (χ0) is 11.4. The molecule has 0 radical (unpaired) electrons. The molecule has 0 aromatic carbocycles. The lowest BCUT2D eigenvalue weighted by Crippen LogP contribution is -2.43. The van der Waals surface area contributed by atoms with Crippen LogP contribution in [0.15, 0.2) is 24.5 Å². The minimum atomic E-state index is 0.0187. The molecule has 1 aromatic heterocycles. The predicted molar refractivity (Wildman–Crippen MR) is 64.1 cm³/mol. The number of aromatic nitrogens is 1.